The van der Waals surface area contributed by atoms with E-state index < -0.39 is 108 Å². The first-order chi connectivity index (χ1) is 35.7. The Morgan fingerprint density at radius 3 is 2.07 bits per heavy atom. The molecule has 9 amide bonds. The van der Waals surface area contributed by atoms with E-state index >= 15 is 0 Å². The summed E-state index contributed by atoms with van der Waals surface area (Å²) in [6, 6.07) is 8.18. The molecule has 406 valence electrons. The number of hydrogen-bond acceptors (Lipinski definition) is 13. The highest BCUT2D eigenvalue weighted by Crippen LogP contribution is 2.23. The van der Waals surface area contributed by atoms with Crippen LogP contribution in [-0.4, -0.2) is 146 Å². The topological polar surface area (TPSA) is 364 Å². The lowest BCUT2D eigenvalue weighted by Gasteiger charge is -2.30. The summed E-state index contributed by atoms with van der Waals surface area (Å²) >= 11 is 1.57. The first-order valence-electron chi connectivity index (χ1n) is 25.0. The van der Waals surface area contributed by atoms with E-state index in [1.165, 1.54) is 19.4 Å². The van der Waals surface area contributed by atoms with Crippen molar-refractivity contribution in [2.45, 2.75) is 121 Å². The van der Waals surface area contributed by atoms with Crippen molar-refractivity contribution in [3.8, 4) is 0 Å². The number of carbonyl (C=O) groups excluding carboxylic acids is 9. The van der Waals surface area contributed by atoms with Crippen molar-refractivity contribution < 1.29 is 43.2 Å². The van der Waals surface area contributed by atoms with Gasteiger partial charge in [0.25, 0.3) is 0 Å². The van der Waals surface area contributed by atoms with E-state index in [1.54, 1.807) is 56.1 Å². The molecule has 75 heavy (non-hydrogen) atoms. The second-order valence-corrected chi connectivity index (χ2v) is 20.6. The number of thioether (sulfide) groups is 1. The van der Waals surface area contributed by atoms with Crippen LogP contribution in [0.15, 0.2) is 73.3 Å². The number of para-hydroxylation sites is 1. The standard InChI is InChI=1S/C51H72N14O9S/c1-28(2)17-34(24-65-27-75-25-41(65)45(54)68)60-50(73)40(20-33-22-55-26-58-33)61-43(67)23-57-51(74)44(29(3)4)64-46(69)30(5)59-49(72)39(19-32-21-56-37-14-10-9-13-35(32)37)63-48(71)38(15-16-42(53)66)62-47(70)36(52)18-31-11-7-6-8-12-31/h6-14,21-22,26,28-30,34,36,38-41,44,56H,15-20,23-25,27,52H2,1-5H3,(H2,53,66)(H2,54,68)(H,55,58)(H,57,74)(H,59,72)(H,60,73)(H,61,67)(H,62,70)(H,63,71)(H,64,69)/t30-,34-,36-,38-,39-,40-,41-,44-/m0/s1. The number of benzene rings is 2. The largest absolute Gasteiger partial charge is 0.370 e. The zero-order valence-electron chi connectivity index (χ0n) is 43.0. The number of H-pyrrole nitrogens is 2. The predicted octanol–water partition coefficient (Wildman–Crippen LogP) is -0.881. The number of hydrogen-bond donors (Lipinski definition) is 12. The van der Waals surface area contributed by atoms with E-state index in [1.807, 2.05) is 49.1 Å². The number of imidazole rings is 1. The number of primary amides is 2. The highest BCUT2D eigenvalue weighted by Gasteiger charge is 2.35. The van der Waals surface area contributed by atoms with Gasteiger partial charge in [0.1, 0.15) is 30.2 Å². The van der Waals surface area contributed by atoms with Crippen molar-refractivity contribution in [3.05, 3.63) is 90.1 Å². The minimum atomic E-state index is -1.33. The Bertz CT molecular complexity index is 2590. The van der Waals surface area contributed by atoms with Crippen molar-refractivity contribution in [1.82, 2.24) is 57.1 Å². The number of nitrogens with two attached hydrogens (primary N) is 3. The van der Waals surface area contributed by atoms with Crippen molar-refractivity contribution >= 4 is 75.8 Å². The molecule has 0 saturated carbocycles. The molecule has 8 atom stereocenters. The maximum atomic E-state index is 14.2. The first-order valence-corrected chi connectivity index (χ1v) is 26.1. The molecule has 2 aromatic heterocycles. The molecule has 0 spiro atoms. The summed E-state index contributed by atoms with van der Waals surface area (Å²) in [5.41, 5.74) is 20.1. The maximum absolute atomic E-state index is 14.2. The van der Waals surface area contributed by atoms with Crippen molar-refractivity contribution in [2.24, 2.45) is 29.0 Å². The lowest BCUT2D eigenvalue weighted by molar-refractivity contribution is -0.135. The lowest BCUT2D eigenvalue weighted by atomic mass is 10.0. The number of rotatable bonds is 29. The molecule has 1 saturated heterocycles. The summed E-state index contributed by atoms with van der Waals surface area (Å²) in [5, 5.41) is 19.7. The zero-order chi connectivity index (χ0) is 54.8. The molecule has 1 aliphatic rings. The molecule has 4 aromatic rings. The van der Waals surface area contributed by atoms with Gasteiger partial charge in [-0.05, 0) is 55.2 Å². The molecule has 3 heterocycles. The van der Waals surface area contributed by atoms with Gasteiger partial charge in [0.2, 0.25) is 53.2 Å². The summed E-state index contributed by atoms with van der Waals surface area (Å²) in [7, 11) is 0. The van der Waals surface area contributed by atoms with Crippen molar-refractivity contribution in [1.29, 1.82) is 0 Å². The second kappa shape index (κ2) is 28.4. The third kappa shape index (κ3) is 18.2. The van der Waals surface area contributed by atoms with Crippen LogP contribution in [0.4, 0.5) is 0 Å². The van der Waals surface area contributed by atoms with E-state index in [2.05, 4.69) is 52.2 Å². The van der Waals surface area contributed by atoms with Crippen LogP contribution in [0.25, 0.3) is 10.9 Å². The Balaban J connectivity index is 1.23. The molecule has 0 unspecified atom stereocenters. The SMILES string of the molecule is CC(C)C[C@@H](CN1CSC[C@H]1C(N)=O)NC(=O)[C@H](Cc1cnc[nH]1)NC(=O)CNC(=O)[C@@H](NC(=O)[C@H](C)NC(=O)[C@H](Cc1c[nH]c2ccccc12)NC(=O)[C@H](CCC(N)=O)NC(=O)[C@@H](N)Cc1ccccc1)C(C)C. The van der Waals surface area contributed by atoms with Gasteiger partial charge in [0, 0.05) is 72.5 Å². The van der Waals surface area contributed by atoms with Gasteiger partial charge in [-0.25, -0.2) is 4.98 Å². The Kier molecular flexibility index (Phi) is 22.2. The van der Waals surface area contributed by atoms with Crippen LogP contribution in [0.2, 0.25) is 0 Å². The lowest BCUT2D eigenvalue weighted by Crippen LogP contribution is -2.59. The van der Waals surface area contributed by atoms with Crippen LogP contribution >= 0.6 is 11.8 Å². The normalized spacial score (nSPS) is 16.4. The van der Waals surface area contributed by atoms with Gasteiger partial charge in [0.05, 0.1) is 25.0 Å². The fourth-order valence-electron chi connectivity index (χ4n) is 8.59. The van der Waals surface area contributed by atoms with Crippen molar-refractivity contribution in [3.63, 3.8) is 0 Å². The Morgan fingerprint density at radius 2 is 1.40 bits per heavy atom. The van der Waals surface area contributed by atoms with Gasteiger partial charge in [-0.2, -0.15) is 0 Å². The van der Waals surface area contributed by atoms with Crippen LogP contribution in [0.3, 0.4) is 0 Å². The zero-order valence-corrected chi connectivity index (χ0v) is 43.8. The van der Waals surface area contributed by atoms with Crippen LogP contribution in [0, 0.1) is 11.8 Å². The van der Waals surface area contributed by atoms with Crippen LogP contribution < -0.4 is 54.4 Å². The van der Waals surface area contributed by atoms with Crippen molar-refractivity contribution in [2.75, 3.05) is 24.7 Å². The number of aromatic amines is 2. The minimum Gasteiger partial charge on any atom is -0.370 e. The smallest absolute Gasteiger partial charge is 0.243 e. The van der Waals surface area contributed by atoms with E-state index in [0.29, 0.717) is 35.9 Å². The summed E-state index contributed by atoms with van der Waals surface area (Å²) in [6.07, 6.45) is 4.88. The fraction of sp³-hybridized carbons (Fsp3) is 0.490. The third-order valence-electron chi connectivity index (χ3n) is 12.6. The molecule has 15 N–H and O–H groups in total. The van der Waals surface area contributed by atoms with Gasteiger partial charge in [-0.3, -0.25) is 48.1 Å². The maximum Gasteiger partial charge on any atom is 0.243 e. The number of fused-ring (bicyclic) bond motifs is 1. The Labute approximate surface area is 439 Å². The van der Waals surface area contributed by atoms with Crippen LogP contribution in [0.5, 0.6) is 0 Å². The average molecular weight is 1060 g/mol. The van der Waals surface area contributed by atoms with E-state index in [0.717, 1.165) is 16.5 Å². The number of amides is 9. The number of nitrogens with one attached hydrogen (secondary N) is 9. The minimum absolute atomic E-state index is 0.0420. The van der Waals surface area contributed by atoms with E-state index in [9.17, 15) is 43.2 Å². The molecule has 1 fully saturated rings. The van der Waals surface area contributed by atoms with Gasteiger partial charge in [-0.15, -0.1) is 11.8 Å². The Morgan fingerprint density at radius 1 is 0.733 bits per heavy atom. The van der Waals surface area contributed by atoms with Crippen LogP contribution in [0.1, 0.15) is 70.7 Å². The fourth-order valence-corrected chi connectivity index (χ4v) is 9.81. The molecular formula is C51H72N14O9S. The number of nitrogens with zero attached hydrogens (tertiary/aromatic N) is 2. The highest BCUT2D eigenvalue weighted by molar-refractivity contribution is 7.99. The monoisotopic (exact) mass is 1060 g/mol. The first kappa shape index (κ1) is 58.6. The molecule has 0 bridgehead atoms. The summed E-state index contributed by atoms with van der Waals surface area (Å²) in [6.45, 7) is 8.56. The average Bonchev–Trinajstić information content (AvgIpc) is 4.15. The molecule has 24 heteroatoms. The van der Waals surface area contributed by atoms with E-state index in [-0.39, 0.29) is 44.1 Å². The number of aromatic nitrogens is 3. The van der Waals surface area contributed by atoms with E-state index in [4.69, 9.17) is 17.2 Å². The predicted molar refractivity (Wildman–Crippen MR) is 282 cm³/mol. The molecule has 2 aromatic carbocycles. The Hall–Kier alpha value is -7.31. The number of carbonyl (C=O) groups is 9. The molecule has 0 aliphatic carbocycles. The van der Waals surface area contributed by atoms with Crippen LogP contribution in [-0.2, 0) is 62.4 Å². The molecule has 5 rings (SSSR count). The highest BCUT2D eigenvalue weighted by atomic mass is 32.2. The van der Waals surface area contributed by atoms with Gasteiger partial charge < -0.3 is 64.4 Å². The van der Waals surface area contributed by atoms with Gasteiger partial charge >= 0.3 is 0 Å². The summed E-state index contributed by atoms with van der Waals surface area (Å²) in [5.74, 6) is -5.31. The van der Waals surface area contributed by atoms with Gasteiger partial charge in [-0.1, -0.05) is 76.2 Å². The molecule has 1 aliphatic heterocycles. The summed E-state index contributed by atoms with van der Waals surface area (Å²) < 4.78 is 0. The third-order valence-corrected chi connectivity index (χ3v) is 13.7. The molecule has 0 radical (unpaired) electrons. The molecule has 23 nitrogen and oxygen atoms in total. The van der Waals surface area contributed by atoms with Gasteiger partial charge in [0.15, 0.2) is 0 Å². The quantitative estimate of drug-likeness (QED) is 0.0315. The molecular weight excluding hydrogens is 985 g/mol. The second-order valence-electron chi connectivity index (χ2n) is 19.6. The summed E-state index contributed by atoms with van der Waals surface area (Å²) in [4.78, 5) is 132.